The molecule has 0 bridgehead atoms. The van der Waals surface area contributed by atoms with Crippen LogP contribution in [0.1, 0.15) is 28.4 Å². The van der Waals surface area contributed by atoms with E-state index in [0.717, 1.165) is 11.1 Å². The molecule has 0 saturated carbocycles. The zero-order valence-corrected chi connectivity index (χ0v) is 18.2. The Morgan fingerprint density at radius 2 is 1.85 bits per heavy atom. The van der Waals surface area contributed by atoms with E-state index in [1.165, 1.54) is 25.5 Å². The molecule has 170 valence electrons. The molecule has 0 unspecified atom stereocenters. The minimum atomic E-state index is -0.446. The second-order valence-corrected chi connectivity index (χ2v) is 6.78. The number of nitro groups is 1. The van der Waals surface area contributed by atoms with Crippen molar-refractivity contribution in [1.29, 1.82) is 0 Å². The van der Waals surface area contributed by atoms with Crippen LogP contribution in [0.15, 0.2) is 71.8 Å². The number of ether oxygens (including phenoxy) is 3. The van der Waals surface area contributed by atoms with Gasteiger partial charge in [0.2, 0.25) is 0 Å². The number of benzene rings is 3. The maximum Gasteiger partial charge on any atom is 0.271 e. The number of rotatable bonds is 10. The number of amides is 1. The maximum absolute atomic E-state index is 12.4. The Morgan fingerprint density at radius 1 is 1.06 bits per heavy atom. The first-order valence-electron chi connectivity index (χ1n) is 10.1. The van der Waals surface area contributed by atoms with Gasteiger partial charge in [-0.05, 0) is 60.5 Å². The van der Waals surface area contributed by atoms with Gasteiger partial charge in [0.05, 0.1) is 24.9 Å². The molecule has 0 saturated heterocycles. The monoisotopic (exact) mass is 449 g/mol. The van der Waals surface area contributed by atoms with Gasteiger partial charge in [-0.1, -0.05) is 12.1 Å². The van der Waals surface area contributed by atoms with E-state index in [1.807, 2.05) is 13.0 Å². The van der Waals surface area contributed by atoms with Gasteiger partial charge in [0.25, 0.3) is 11.6 Å². The summed E-state index contributed by atoms with van der Waals surface area (Å²) in [6, 6.07) is 18.2. The second kappa shape index (κ2) is 11.3. The molecule has 9 heteroatoms. The summed E-state index contributed by atoms with van der Waals surface area (Å²) in [5.74, 6) is 1.23. The van der Waals surface area contributed by atoms with Crippen LogP contribution in [-0.2, 0) is 6.61 Å². The molecule has 0 spiro atoms. The van der Waals surface area contributed by atoms with Gasteiger partial charge in [-0.3, -0.25) is 14.9 Å². The summed E-state index contributed by atoms with van der Waals surface area (Å²) in [4.78, 5) is 22.7. The highest BCUT2D eigenvalue weighted by molar-refractivity contribution is 5.95. The Hall–Kier alpha value is -4.40. The normalized spacial score (nSPS) is 10.6. The van der Waals surface area contributed by atoms with Gasteiger partial charge in [0.15, 0.2) is 11.5 Å². The zero-order chi connectivity index (χ0) is 23.6. The second-order valence-electron chi connectivity index (χ2n) is 6.78. The molecule has 0 aliphatic carbocycles. The van der Waals surface area contributed by atoms with Crippen LogP contribution in [0.5, 0.6) is 17.2 Å². The number of methoxy groups -OCH3 is 1. The lowest BCUT2D eigenvalue weighted by Gasteiger charge is -2.10. The lowest BCUT2D eigenvalue weighted by molar-refractivity contribution is -0.384. The summed E-state index contributed by atoms with van der Waals surface area (Å²) in [6.45, 7) is 2.55. The Morgan fingerprint density at radius 3 is 2.55 bits per heavy atom. The van der Waals surface area contributed by atoms with E-state index >= 15 is 0 Å². The smallest absolute Gasteiger partial charge is 0.271 e. The van der Waals surface area contributed by atoms with Crippen LogP contribution in [0.4, 0.5) is 5.69 Å². The molecule has 1 N–H and O–H groups in total. The number of hydrogen-bond acceptors (Lipinski definition) is 7. The van der Waals surface area contributed by atoms with Crippen LogP contribution in [0.3, 0.4) is 0 Å². The highest BCUT2D eigenvalue weighted by atomic mass is 16.6. The third kappa shape index (κ3) is 6.54. The summed E-state index contributed by atoms with van der Waals surface area (Å²) in [7, 11) is 1.53. The minimum Gasteiger partial charge on any atom is -0.493 e. The fourth-order valence-electron chi connectivity index (χ4n) is 2.88. The molecule has 3 rings (SSSR count). The summed E-state index contributed by atoms with van der Waals surface area (Å²) in [5.41, 5.74) is 4.43. The molecule has 3 aromatic carbocycles. The van der Waals surface area contributed by atoms with Crippen molar-refractivity contribution in [2.45, 2.75) is 13.5 Å². The van der Waals surface area contributed by atoms with E-state index in [0.29, 0.717) is 29.4 Å². The average molecular weight is 449 g/mol. The largest absolute Gasteiger partial charge is 0.493 e. The van der Waals surface area contributed by atoms with Crippen molar-refractivity contribution in [1.82, 2.24) is 5.43 Å². The van der Waals surface area contributed by atoms with Crippen molar-refractivity contribution in [2.75, 3.05) is 13.7 Å². The van der Waals surface area contributed by atoms with Crippen molar-refractivity contribution in [3.63, 3.8) is 0 Å². The molecular formula is C24H23N3O6. The van der Waals surface area contributed by atoms with Crippen molar-refractivity contribution >= 4 is 17.8 Å². The third-order valence-corrected chi connectivity index (χ3v) is 4.52. The van der Waals surface area contributed by atoms with Crippen LogP contribution in [-0.4, -0.2) is 30.8 Å². The average Bonchev–Trinajstić information content (AvgIpc) is 2.83. The summed E-state index contributed by atoms with van der Waals surface area (Å²) >= 11 is 0. The van der Waals surface area contributed by atoms with Crippen LogP contribution in [0, 0.1) is 10.1 Å². The predicted octanol–water partition coefficient (Wildman–Crippen LogP) is 4.35. The first-order chi connectivity index (χ1) is 16.0. The van der Waals surface area contributed by atoms with Gasteiger partial charge < -0.3 is 14.2 Å². The van der Waals surface area contributed by atoms with E-state index in [4.69, 9.17) is 14.2 Å². The quantitative estimate of drug-likeness (QED) is 0.280. The number of non-ortho nitro benzene ring substituents is 1. The minimum absolute atomic E-state index is 0.0303. The molecule has 0 aliphatic heterocycles. The van der Waals surface area contributed by atoms with Gasteiger partial charge in [0.1, 0.15) is 12.4 Å². The zero-order valence-electron chi connectivity index (χ0n) is 18.2. The number of hydrogen-bond donors (Lipinski definition) is 1. The SMILES string of the molecule is CCOc1cc(C(=O)N/N=C/c2cccc(OCc3ccc([N+](=O)[O-])cc3)c2)ccc1OC. The van der Waals surface area contributed by atoms with E-state index in [2.05, 4.69) is 10.5 Å². The molecule has 0 aliphatic rings. The number of nitrogens with zero attached hydrogens (tertiary/aromatic N) is 2. The number of nitrogens with one attached hydrogen (secondary N) is 1. The first-order valence-corrected chi connectivity index (χ1v) is 10.1. The van der Waals surface area contributed by atoms with E-state index in [9.17, 15) is 14.9 Å². The topological polar surface area (TPSA) is 112 Å². The van der Waals surface area contributed by atoms with Gasteiger partial charge in [0, 0.05) is 17.7 Å². The highest BCUT2D eigenvalue weighted by Crippen LogP contribution is 2.28. The van der Waals surface area contributed by atoms with Crippen LogP contribution in [0.25, 0.3) is 0 Å². The predicted molar refractivity (Wildman–Crippen MR) is 123 cm³/mol. The molecular weight excluding hydrogens is 426 g/mol. The summed E-state index contributed by atoms with van der Waals surface area (Å²) in [6.07, 6.45) is 1.50. The van der Waals surface area contributed by atoms with Crippen molar-refractivity contribution < 1.29 is 23.9 Å². The van der Waals surface area contributed by atoms with Crippen molar-refractivity contribution in [3.8, 4) is 17.2 Å². The van der Waals surface area contributed by atoms with Gasteiger partial charge >= 0.3 is 0 Å². The lowest BCUT2D eigenvalue weighted by Crippen LogP contribution is -2.17. The Labute approximate surface area is 190 Å². The lowest BCUT2D eigenvalue weighted by atomic mass is 10.2. The first kappa shape index (κ1) is 23.3. The summed E-state index contributed by atoms with van der Waals surface area (Å²) in [5, 5.41) is 14.7. The van der Waals surface area contributed by atoms with Crippen molar-refractivity contribution in [3.05, 3.63) is 93.5 Å². The Balaban J connectivity index is 1.58. The molecule has 0 atom stereocenters. The molecule has 0 radical (unpaired) electrons. The fourth-order valence-corrected chi connectivity index (χ4v) is 2.88. The van der Waals surface area contributed by atoms with E-state index in [-0.39, 0.29) is 18.2 Å². The molecule has 3 aromatic rings. The van der Waals surface area contributed by atoms with E-state index in [1.54, 1.807) is 48.5 Å². The van der Waals surface area contributed by atoms with Gasteiger partial charge in [-0.25, -0.2) is 5.43 Å². The highest BCUT2D eigenvalue weighted by Gasteiger charge is 2.10. The number of carbonyl (C=O) groups excluding carboxylic acids is 1. The third-order valence-electron chi connectivity index (χ3n) is 4.52. The van der Waals surface area contributed by atoms with Crippen LogP contribution >= 0.6 is 0 Å². The number of hydrazone groups is 1. The molecule has 1 amide bonds. The number of nitro benzene ring substituents is 1. The fraction of sp³-hybridized carbons (Fsp3) is 0.167. The standard InChI is InChI=1S/C24H23N3O6/c1-3-32-23-14-19(9-12-22(23)31-2)24(28)26-25-15-18-5-4-6-21(13-18)33-16-17-7-10-20(11-8-17)27(29)30/h4-15H,3,16H2,1-2H3,(H,26,28)/b25-15+. The van der Waals surface area contributed by atoms with Crippen molar-refractivity contribution in [2.24, 2.45) is 5.10 Å². The number of carbonyl (C=O) groups is 1. The van der Waals surface area contributed by atoms with Crippen LogP contribution in [0.2, 0.25) is 0 Å². The maximum atomic E-state index is 12.4. The molecule has 9 nitrogen and oxygen atoms in total. The van der Waals surface area contributed by atoms with Gasteiger partial charge in [-0.2, -0.15) is 5.10 Å². The summed E-state index contributed by atoms with van der Waals surface area (Å²) < 4.78 is 16.5. The molecule has 33 heavy (non-hydrogen) atoms. The molecule has 0 heterocycles. The Bertz CT molecular complexity index is 1150. The molecule has 0 fully saturated rings. The van der Waals surface area contributed by atoms with E-state index < -0.39 is 4.92 Å². The molecule has 0 aromatic heterocycles. The van der Waals surface area contributed by atoms with Crippen LogP contribution < -0.4 is 19.6 Å². The Kier molecular flexibility index (Phi) is 7.96. The van der Waals surface area contributed by atoms with Gasteiger partial charge in [-0.15, -0.1) is 0 Å².